The molecule has 2 unspecified atom stereocenters. The van der Waals surface area contributed by atoms with Crippen molar-refractivity contribution < 1.29 is 14.4 Å². The van der Waals surface area contributed by atoms with Crippen LogP contribution in [0.2, 0.25) is 0 Å². The number of ether oxygens (including phenoxy) is 1. The lowest BCUT2D eigenvalue weighted by Crippen LogP contribution is -2.23. The van der Waals surface area contributed by atoms with Gasteiger partial charge in [-0.3, -0.25) is 0 Å². The van der Waals surface area contributed by atoms with Crippen molar-refractivity contribution in [2.24, 2.45) is 5.73 Å². The average molecular weight is 251 g/mol. The van der Waals surface area contributed by atoms with Gasteiger partial charge in [0.15, 0.2) is 0 Å². The molecule has 0 aliphatic carbocycles. The molecule has 8 heteroatoms. The molecule has 0 radical (unpaired) electrons. The number of hydrogen-bond acceptors (Lipinski definition) is 8. The van der Waals surface area contributed by atoms with E-state index in [2.05, 4.69) is 20.1 Å². The van der Waals surface area contributed by atoms with Crippen molar-refractivity contribution in [3.05, 3.63) is 18.3 Å². The fourth-order valence-corrected chi connectivity index (χ4v) is 1.25. The molecule has 2 atom stereocenters. The Labute approximate surface area is 103 Å². The molecule has 18 heavy (non-hydrogen) atoms. The van der Waals surface area contributed by atoms with Crippen molar-refractivity contribution in [2.75, 3.05) is 7.11 Å². The molecule has 2 aromatic rings. The number of nitrogens with two attached hydrogens (primary N) is 1. The minimum atomic E-state index is -0.779. The number of aliphatic hydroxyl groups is 1. The Morgan fingerprint density at radius 1 is 1.44 bits per heavy atom. The molecule has 0 saturated carbocycles. The maximum absolute atomic E-state index is 9.34. The molecule has 8 nitrogen and oxygen atoms in total. The van der Waals surface area contributed by atoms with Gasteiger partial charge in [-0.05, 0) is 6.92 Å². The van der Waals surface area contributed by atoms with Crippen molar-refractivity contribution in [3.8, 4) is 17.4 Å². The Bertz CT molecular complexity index is 528. The largest absolute Gasteiger partial charge is 0.481 e. The summed E-state index contributed by atoms with van der Waals surface area (Å²) in [5.74, 6) is 0.811. The Morgan fingerprint density at radius 2 is 2.22 bits per heavy atom. The first-order valence-corrected chi connectivity index (χ1v) is 5.25. The van der Waals surface area contributed by atoms with E-state index in [0.717, 1.165) is 0 Å². The van der Waals surface area contributed by atoms with Gasteiger partial charge < -0.3 is 20.1 Å². The summed E-state index contributed by atoms with van der Waals surface area (Å²) in [4.78, 5) is 11.9. The highest BCUT2D eigenvalue weighted by molar-refractivity contribution is 5.49. The third-order valence-electron chi connectivity index (χ3n) is 2.33. The highest BCUT2D eigenvalue weighted by Gasteiger charge is 2.20. The van der Waals surface area contributed by atoms with E-state index in [0.29, 0.717) is 11.6 Å². The monoisotopic (exact) mass is 251 g/mol. The second kappa shape index (κ2) is 5.07. The molecule has 2 heterocycles. The molecule has 96 valence electrons. The number of hydrogen-bond donors (Lipinski definition) is 2. The number of rotatable bonds is 4. The third kappa shape index (κ3) is 2.44. The fourth-order valence-electron chi connectivity index (χ4n) is 1.25. The second-order valence-corrected chi connectivity index (χ2v) is 3.67. The van der Waals surface area contributed by atoms with Crippen LogP contribution in [0.4, 0.5) is 0 Å². The van der Waals surface area contributed by atoms with E-state index < -0.39 is 12.1 Å². The number of methoxy groups -OCH3 is 1. The van der Waals surface area contributed by atoms with Crippen LogP contribution in [0.15, 0.2) is 16.9 Å². The van der Waals surface area contributed by atoms with E-state index >= 15 is 0 Å². The van der Waals surface area contributed by atoms with Gasteiger partial charge in [0.2, 0.25) is 17.6 Å². The van der Waals surface area contributed by atoms with Gasteiger partial charge in [-0.2, -0.15) is 4.98 Å². The maximum Gasteiger partial charge on any atom is 0.246 e. The van der Waals surface area contributed by atoms with Crippen molar-refractivity contribution in [3.63, 3.8) is 0 Å². The Hall–Kier alpha value is -2.06. The smallest absolute Gasteiger partial charge is 0.246 e. The molecule has 3 N–H and O–H groups in total. The molecular formula is C10H13N5O3. The molecule has 0 saturated heterocycles. The topological polar surface area (TPSA) is 120 Å². The number of aromatic nitrogens is 4. The van der Waals surface area contributed by atoms with Crippen LogP contribution in [0.3, 0.4) is 0 Å². The first-order valence-electron chi connectivity index (χ1n) is 5.25. The van der Waals surface area contributed by atoms with Gasteiger partial charge in [-0.25, -0.2) is 9.97 Å². The van der Waals surface area contributed by atoms with Gasteiger partial charge in [0.05, 0.1) is 13.2 Å². The van der Waals surface area contributed by atoms with Crippen LogP contribution in [0.1, 0.15) is 18.9 Å². The van der Waals surface area contributed by atoms with Crippen LogP contribution in [0, 0.1) is 0 Å². The predicted octanol–water partition coefficient (Wildman–Crippen LogP) is -0.0842. The van der Waals surface area contributed by atoms with E-state index in [1.165, 1.54) is 13.4 Å². The maximum atomic E-state index is 9.34. The molecule has 0 fully saturated rings. The van der Waals surface area contributed by atoms with Gasteiger partial charge in [-0.15, -0.1) is 0 Å². The van der Waals surface area contributed by atoms with E-state index in [1.807, 2.05) is 0 Å². The predicted molar refractivity (Wildman–Crippen MR) is 60.5 cm³/mol. The molecule has 2 rings (SSSR count). The molecule has 0 aliphatic heterocycles. The van der Waals surface area contributed by atoms with Crippen LogP contribution in [-0.4, -0.2) is 38.4 Å². The first kappa shape index (κ1) is 12.4. The minimum absolute atomic E-state index is 0.151. The molecule has 0 amide bonds. The van der Waals surface area contributed by atoms with Crippen molar-refractivity contribution in [1.29, 1.82) is 0 Å². The Kier molecular flexibility index (Phi) is 3.49. The summed E-state index contributed by atoms with van der Waals surface area (Å²) in [6, 6.07) is 0.845. The normalized spacial score (nSPS) is 14.2. The summed E-state index contributed by atoms with van der Waals surface area (Å²) in [6.07, 6.45) is 0.553. The Balaban J connectivity index is 2.29. The van der Waals surface area contributed by atoms with Gasteiger partial charge >= 0.3 is 0 Å². The van der Waals surface area contributed by atoms with Crippen molar-refractivity contribution in [1.82, 2.24) is 20.1 Å². The lowest BCUT2D eigenvalue weighted by molar-refractivity contribution is 0.146. The van der Waals surface area contributed by atoms with Crippen LogP contribution in [0.25, 0.3) is 11.5 Å². The zero-order valence-corrected chi connectivity index (χ0v) is 9.94. The molecule has 0 aromatic carbocycles. The Morgan fingerprint density at radius 3 is 2.89 bits per heavy atom. The zero-order valence-electron chi connectivity index (χ0n) is 9.94. The van der Waals surface area contributed by atoms with Crippen LogP contribution >= 0.6 is 0 Å². The molecule has 0 bridgehead atoms. The van der Waals surface area contributed by atoms with Crippen molar-refractivity contribution in [2.45, 2.75) is 19.1 Å². The summed E-state index contributed by atoms with van der Waals surface area (Å²) in [7, 11) is 1.50. The fraction of sp³-hybridized carbons (Fsp3) is 0.400. The SMILES string of the molecule is COc1cc(-c2noc(C(N)C(C)O)n2)ncn1. The quantitative estimate of drug-likeness (QED) is 0.773. The van der Waals surface area contributed by atoms with Gasteiger partial charge in [-0.1, -0.05) is 5.16 Å². The number of aliphatic hydroxyl groups excluding tert-OH is 1. The number of nitrogens with zero attached hydrogens (tertiary/aromatic N) is 4. The average Bonchev–Trinajstić information content (AvgIpc) is 2.87. The highest BCUT2D eigenvalue weighted by atomic mass is 16.5. The standard InChI is InChI=1S/C10H13N5O3/c1-5(16)8(11)10-14-9(15-18-10)6-3-7(17-2)13-4-12-6/h3-5,8,16H,11H2,1-2H3. The summed E-state index contributed by atoms with van der Waals surface area (Å²) in [6.45, 7) is 1.54. The molecule has 0 spiro atoms. The summed E-state index contributed by atoms with van der Waals surface area (Å²) >= 11 is 0. The van der Waals surface area contributed by atoms with Crippen molar-refractivity contribution >= 4 is 0 Å². The van der Waals surface area contributed by atoms with Gasteiger partial charge in [0.1, 0.15) is 18.1 Å². The van der Waals surface area contributed by atoms with E-state index in [4.69, 9.17) is 15.0 Å². The van der Waals surface area contributed by atoms with E-state index in [-0.39, 0.29) is 11.7 Å². The highest BCUT2D eigenvalue weighted by Crippen LogP contribution is 2.19. The second-order valence-electron chi connectivity index (χ2n) is 3.67. The van der Waals surface area contributed by atoms with Crippen LogP contribution in [0.5, 0.6) is 5.88 Å². The molecular weight excluding hydrogens is 238 g/mol. The van der Waals surface area contributed by atoms with E-state index in [9.17, 15) is 5.11 Å². The molecule has 0 aliphatic rings. The minimum Gasteiger partial charge on any atom is -0.481 e. The lowest BCUT2D eigenvalue weighted by Gasteiger charge is -2.08. The lowest BCUT2D eigenvalue weighted by atomic mass is 10.2. The zero-order chi connectivity index (χ0) is 13.1. The van der Waals surface area contributed by atoms with Gasteiger partial charge in [0, 0.05) is 6.07 Å². The van der Waals surface area contributed by atoms with E-state index in [1.54, 1.807) is 13.0 Å². The van der Waals surface area contributed by atoms with Gasteiger partial charge in [0.25, 0.3) is 0 Å². The first-order chi connectivity index (χ1) is 8.61. The molecule has 2 aromatic heterocycles. The summed E-state index contributed by atoms with van der Waals surface area (Å²) < 4.78 is 9.94. The van der Waals surface area contributed by atoms with Crippen LogP contribution < -0.4 is 10.5 Å². The third-order valence-corrected chi connectivity index (χ3v) is 2.33. The van der Waals surface area contributed by atoms with Crippen LogP contribution in [-0.2, 0) is 0 Å². The summed E-state index contributed by atoms with van der Waals surface area (Å²) in [5, 5.41) is 13.1. The summed E-state index contributed by atoms with van der Waals surface area (Å²) in [5.41, 5.74) is 6.13.